The lowest BCUT2D eigenvalue weighted by Crippen LogP contribution is -2.42. The van der Waals surface area contributed by atoms with Gasteiger partial charge in [-0.05, 0) is 25.0 Å². The highest BCUT2D eigenvalue weighted by Gasteiger charge is 2.26. The molecule has 1 atom stereocenters. The van der Waals surface area contributed by atoms with Gasteiger partial charge in [-0.1, -0.05) is 6.07 Å². The van der Waals surface area contributed by atoms with E-state index in [-0.39, 0.29) is 17.6 Å². The van der Waals surface area contributed by atoms with E-state index in [0.29, 0.717) is 44.1 Å². The zero-order chi connectivity index (χ0) is 16.9. The number of hydrogen-bond acceptors (Lipinski definition) is 5. The quantitative estimate of drug-likeness (QED) is 0.905. The van der Waals surface area contributed by atoms with Crippen molar-refractivity contribution < 1.29 is 9.53 Å². The second kappa shape index (κ2) is 7.35. The van der Waals surface area contributed by atoms with E-state index in [1.165, 1.54) is 6.07 Å². The van der Waals surface area contributed by atoms with Gasteiger partial charge in [0.1, 0.15) is 11.9 Å². The summed E-state index contributed by atoms with van der Waals surface area (Å²) >= 11 is 0. The van der Waals surface area contributed by atoms with Gasteiger partial charge in [0.15, 0.2) is 0 Å². The first-order valence-electron chi connectivity index (χ1n) is 7.98. The number of aromatic nitrogens is 3. The molecular formula is C17H20N4O3. The minimum Gasteiger partial charge on any atom is -0.368 e. The minimum atomic E-state index is -0.359. The first-order valence-corrected chi connectivity index (χ1v) is 7.98. The number of hydrogen-bond donors (Lipinski definition) is 1. The summed E-state index contributed by atoms with van der Waals surface area (Å²) in [6.45, 7) is 3.15. The molecule has 1 aliphatic rings. The van der Waals surface area contributed by atoms with E-state index in [9.17, 15) is 9.59 Å². The Morgan fingerprint density at radius 1 is 1.50 bits per heavy atom. The van der Waals surface area contributed by atoms with E-state index in [2.05, 4.69) is 15.0 Å². The van der Waals surface area contributed by atoms with Crippen molar-refractivity contribution in [1.82, 2.24) is 19.9 Å². The van der Waals surface area contributed by atoms with Crippen molar-refractivity contribution in [2.75, 3.05) is 19.7 Å². The molecule has 1 aliphatic heterocycles. The summed E-state index contributed by atoms with van der Waals surface area (Å²) < 4.78 is 5.70. The Balaban J connectivity index is 1.62. The molecule has 2 aromatic heterocycles. The maximum atomic E-state index is 12.4. The molecule has 1 amide bonds. The summed E-state index contributed by atoms with van der Waals surface area (Å²) in [5.41, 5.74) is 1.41. The van der Waals surface area contributed by atoms with Crippen molar-refractivity contribution in [2.45, 2.75) is 25.9 Å². The van der Waals surface area contributed by atoms with Crippen LogP contribution in [-0.4, -0.2) is 45.5 Å². The molecule has 3 heterocycles. The lowest BCUT2D eigenvalue weighted by Gasteiger charge is -2.32. The highest BCUT2D eigenvalue weighted by atomic mass is 16.5. The van der Waals surface area contributed by atoms with Crippen LogP contribution < -0.4 is 5.56 Å². The van der Waals surface area contributed by atoms with Crippen LogP contribution >= 0.6 is 0 Å². The number of nitrogens with one attached hydrogen (secondary N) is 1. The molecule has 0 bridgehead atoms. The van der Waals surface area contributed by atoms with Crippen LogP contribution in [0.4, 0.5) is 0 Å². The number of carbonyl (C=O) groups excluding carboxylic acids is 1. The average molecular weight is 328 g/mol. The van der Waals surface area contributed by atoms with Gasteiger partial charge < -0.3 is 14.6 Å². The van der Waals surface area contributed by atoms with Crippen LogP contribution in [0, 0.1) is 6.92 Å². The number of aryl methyl sites for hydroxylation is 2. The Morgan fingerprint density at radius 3 is 3.12 bits per heavy atom. The van der Waals surface area contributed by atoms with Gasteiger partial charge in [-0.3, -0.25) is 14.6 Å². The van der Waals surface area contributed by atoms with E-state index in [1.807, 2.05) is 12.1 Å². The third-order valence-electron chi connectivity index (χ3n) is 3.98. The topological polar surface area (TPSA) is 88.2 Å². The third kappa shape index (κ3) is 4.05. The van der Waals surface area contributed by atoms with Crippen LogP contribution in [-0.2, 0) is 16.0 Å². The monoisotopic (exact) mass is 328 g/mol. The molecular weight excluding hydrogens is 308 g/mol. The van der Waals surface area contributed by atoms with Gasteiger partial charge in [-0.2, -0.15) is 0 Å². The molecule has 0 saturated carbocycles. The summed E-state index contributed by atoms with van der Waals surface area (Å²) in [5, 5.41) is 0. The Kier molecular flexibility index (Phi) is 5.00. The molecule has 0 radical (unpaired) electrons. The molecule has 7 nitrogen and oxygen atoms in total. The van der Waals surface area contributed by atoms with E-state index in [0.717, 1.165) is 5.56 Å². The summed E-state index contributed by atoms with van der Waals surface area (Å²) in [7, 11) is 0. The van der Waals surface area contributed by atoms with E-state index in [4.69, 9.17) is 4.74 Å². The summed E-state index contributed by atoms with van der Waals surface area (Å²) in [5.74, 6) is 0.620. The molecule has 2 aromatic rings. The fourth-order valence-electron chi connectivity index (χ4n) is 2.78. The van der Waals surface area contributed by atoms with Crippen molar-refractivity contribution in [3.8, 4) is 0 Å². The number of rotatable bonds is 4. The fourth-order valence-corrected chi connectivity index (χ4v) is 2.78. The Morgan fingerprint density at radius 2 is 2.38 bits per heavy atom. The van der Waals surface area contributed by atoms with Gasteiger partial charge in [0.25, 0.3) is 5.56 Å². The van der Waals surface area contributed by atoms with Crippen molar-refractivity contribution in [2.24, 2.45) is 0 Å². The normalized spacial score (nSPS) is 17.7. The van der Waals surface area contributed by atoms with Gasteiger partial charge in [0.2, 0.25) is 5.91 Å². The second-order valence-electron chi connectivity index (χ2n) is 5.82. The van der Waals surface area contributed by atoms with Crippen LogP contribution in [0.3, 0.4) is 0 Å². The van der Waals surface area contributed by atoms with E-state index >= 15 is 0 Å². The molecule has 1 saturated heterocycles. The molecule has 3 rings (SSSR count). The Labute approximate surface area is 139 Å². The lowest BCUT2D eigenvalue weighted by atomic mass is 10.1. The lowest BCUT2D eigenvalue weighted by molar-refractivity contribution is -0.139. The smallest absolute Gasteiger partial charge is 0.251 e. The number of nitrogens with zero attached hydrogens (tertiary/aromatic N) is 3. The molecule has 7 heteroatoms. The van der Waals surface area contributed by atoms with Gasteiger partial charge in [-0.25, -0.2) is 4.98 Å². The number of carbonyl (C=O) groups is 1. The molecule has 1 unspecified atom stereocenters. The molecule has 0 aliphatic carbocycles. The van der Waals surface area contributed by atoms with Gasteiger partial charge in [-0.15, -0.1) is 0 Å². The highest BCUT2D eigenvalue weighted by molar-refractivity contribution is 5.76. The number of morpholine rings is 1. The summed E-state index contributed by atoms with van der Waals surface area (Å²) in [6, 6.07) is 5.26. The second-order valence-corrected chi connectivity index (χ2v) is 5.82. The van der Waals surface area contributed by atoms with Crippen molar-refractivity contribution in [3.05, 3.63) is 58.0 Å². The predicted molar refractivity (Wildman–Crippen MR) is 87.4 cm³/mol. The van der Waals surface area contributed by atoms with Gasteiger partial charge >= 0.3 is 0 Å². The zero-order valence-electron chi connectivity index (χ0n) is 13.6. The number of aromatic amines is 1. The third-order valence-corrected chi connectivity index (χ3v) is 3.98. The molecule has 1 N–H and O–H groups in total. The van der Waals surface area contributed by atoms with E-state index in [1.54, 1.807) is 24.2 Å². The number of amides is 1. The molecule has 0 spiro atoms. The summed E-state index contributed by atoms with van der Waals surface area (Å²) in [4.78, 5) is 36.8. The maximum Gasteiger partial charge on any atom is 0.251 e. The summed E-state index contributed by atoms with van der Waals surface area (Å²) in [6.07, 6.45) is 4.23. The minimum absolute atomic E-state index is 0.0775. The van der Waals surface area contributed by atoms with Crippen molar-refractivity contribution in [1.29, 1.82) is 0 Å². The molecule has 24 heavy (non-hydrogen) atoms. The maximum absolute atomic E-state index is 12.4. The molecule has 0 aromatic carbocycles. The average Bonchev–Trinajstić information content (AvgIpc) is 2.60. The van der Waals surface area contributed by atoms with Crippen LogP contribution in [0.25, 0.3) is 0 Å². The highest BCUT2D eigenvalue weighted by Crippen LogP contribution is 2.20. The van der Waals surface area contributed by atoms with E-state index < -0.39 is 0 Å². The van der Waals surface area contributed by atoms with Crippen LogP contribution in [0.15, 0.2) is 35.4 Å². The molecule has 126 valence electrons. The Hall–Kier alpha value is -2.54. The Bertz CT molecular complexity index is 760. The van der Waals surface area contributed by atoms with Crippen molar-refractivity contribution >= 4 is 5.91 Å². The number of H-pyrrole nitrogens is 1. The number of ether oxygens (including phenoxy) is 1. The first kappa shape index (κ1) is 16.3. The molecule has 1 fully saturated rings. The first-order chi connectivity index (χ1) is 11.6. The SMILES string of the molecule is Cc1nc(C2CN(C(=O)CCc3cccnc3)CCO2)cc(=O)[nH]1. The van der Waals surface area contributed by atoms with Crippen LogP contribution in [0.2, 0.25) is 0 Å². The van der Waals surface area contributed by atoms with Gasteiger partial charge in [0, 0.05) is 31.4 Å². The van der Waals surface area contributed by atoms with Gasteiger partial charge in [0.05, 0.1) is 18.8 Å². The van der Waals surface area contributed by atoms with Crippen molar-refractivity contribution in [3.63, 3.8) is 0 Å². The predicted octanol–water partition coefficient (Wildman–Crippen LogP) is 1.01. The standard InChI is InChI=1S/C17H20N4O3/c1-12-19-14(9-16(22)20-12)15-11-21(7-8-24-15)17(23)5-4-13-3-2-6-18-10-13/h2-3,6,9-10,15H,4-5,7-8,11H2,1H3,(H,19,20,22). The fraction of sp³-hybridized carbons (Fsp3) is 0.412. The zero-order valence-corrected chi connectivity index (χ0v) is 13.6. The van der Waals surface area contributed by atoms with Crippen LogP contribution in [0.1, 0.15) is 29.6 Å². The largest absolute Gasteiger partial charge is 0.368 e. The number of pyridine rings is 1. The van der Waals surface area contributed by atoms with Crippen LogP contribution in [0.5, 0.6) is 0 Å².